The van der Waals surface area contributed by atoms with Crippen molar-refractivity contribution in [1.82, 2.24) is 15.0 Å². The van der Waals surface area contributed by atoms with Crippen molar-refractivity contribution in [2.75, 3.05) is 30.6 Å². The second-order valence-electron chi connectivity index (χ2n) is 6.85. The van der Waals surface area contributed by atoms with E-state index in [1.54, 1.807) is 18.2 Å². The molecule has 0 bridgehead atoms. The molecule has 2 aromatic carbocycles. The van der Waals surface area contributed by atoms with Crippen LogP contribution in [0.5, 0.6) is 11.5 Å². The summed E-state index contributed by atoms with van der Waals surface area (Å²) < 4.78 is 11.6. The van der Waals surface area contributed by atoms with Crippen LogP contribution < -0.4 is 25.8 Å². The molecule has 0 saturated heterocycles. The van der Waals surface area contributed by atoms with E-state index in [0.29, 0.717) is 22.9 Å². The van der Waals surface area contributed by atoms with E-state index in [0.717, 1.165) is 15.8 Å². The predicted octanol–water partition coefficient (Wildman–Crippen LogP) is 2.39. The molecule has 0 saturated carbocycles. The fourth-order valence-electron chi connectivity index (χ4n) is 2.85. The Hall–Kier alpha value is -4.08. The van der Waals surface area contributed by atoms with Gasteiger partial charge in [0.05, 0.1) is 19.9 Å². The number of carbonyl (C=O) groups is 2. The fraction of sp³-hybridized carbons (Fsp3) is 0.238. The van der Waals surface area contributed by atoms with Crippen molar-refractivity contribution < 1.29 is 19.1 Å². The summed E-state index contributed by atoms with van der Waals surface area (Å²) in [6, 6.07) is 10.6. The van der Waals surface area contributed by atoms with Gasteiger partial charge >= 0.3 is 0 Å². The maximum Gasteiger partial charge on any atom is 0.280 e. The highest BCUT2D eigenvalue weighted by molar-refractivity contribution is 6.06. The van der Waals surface area contributed by atoms with Gasteiger partial charge in [0, 0.05) is 11.8 Å². The molecular formula is C21H24N6O4. The van der Waals surface area contributed by atoms with Gasteiger partial charge in [-0.15, -0.1) is 5.10 Å². The van der Waals surface area contributed by atoms with Gasteiger partial charge in [-0.25, -0.2) is 4.68 Å². The van der Waals surface area contributed by atoms with Gasteiger partial charge in [0.15, 0.2) is 11.5 Å². The van der Waals surface area contributed by atoms with Gasteiger partial charge in [0.25, 0.3) is 5.91 Å². The standard InChI is InChI=1S/C21H24N6O4/c1-12-5-6-14(9-13(12)2)23-18(28)11-27-20(22)19(25-26-27)21(29)24-16-10-15(30-3)7-8-17(16)31-4/h5-10H,11,22H2,1-4H3,(H,23,28)(H,24,29). The molecule has 10 nitrogen and oxygen atoms in total. The second-order valence-corrected chi connectivity index (χ2v) is 6.85. The minimum Gasteiger partial charge on any atom is -0.497 e. The second kappa shape index (κ2) is 9.16. The largest absolute Gasteiger partial charge is 0.497 e. The zero-order chi connectivity index (χ0) is 22.5. The van der Waals surface area contributed by atoms with E-state index in [1.165, 1.54) is 14.2 Å². The van der Waals surface area contributed by atoms with Crippen LogP contribution in [0.2, 0.25) is 0 Å². The topological polar surface area (TPSA) is 133 Å². The van der Waals surface area contributed by atoms with Crippen molar-refractivity contribution in [1.29, 1.82) is 0 Å². The first-order chi connectivity index (χ1) is 14.8. The molecule has 2 amide bonds. The zero-order valence-corrected chi connectivity index (χ0v) is 17.7. The number of nitrogen functional groups attached to an aromatic ring is 1. The molecule has 0 atom stereocenters. The molecule has 0 aliphatic heterocycles. The van der Waals surface area contributed by atoms with Crippen LogP contribution in [0.3, 0.4) is 0 Å². The molecular weight excluding hydrogens is 400 g/mol. The van der Waals surface area contributed by atoms with Gasteiger partial charge in [-0.3, -0.25) is 9.59 Å². The average molecular weight is 424 g/mol. The fourth-order valence-corrected chi connectivity index (χ4v) is 2.85. The molecule has 0 spiro atoms. The molecule has 4 N–H and O–H groups in total. The maximum atomic E-state index is 12.7. The number of benzene rings is 2. The summed E-state index contributed by atoms with van der Waals surface area (Å²) in [6.07, 6.45) is 0. The predicted molar refractivity (Wildman–Crippen MR) is 116 cm³/mol. The first kappa shape index (κ1) is 21.6. The quantitative estimate of drug-likeness (QED) is 0.530. The summed E-state index contributed by atoms with van der Waals surface area (Å²) in [6.45, 7) is 3.76. The van der Waals surface area contributed by atoms with Crippen LogP contribution in [0.4, 0.5) is 17.2 Å². The molecule has 0 aliphatic rings. The number of carbonyl (C=O) groups excluding carboxylic acids is 2. The number of rotatable bonds is 7. The van der Waals surface area contributed by atoms with E-state index < -0.39 is 5.91 Å². The van der Waals surface area contributed by atoms with E-state index in [2.05, 4.69) is 20.9 Å². The van der Waals surface area contributed by atoms with Gasteiger partial charge in [-0.2, -0.15) is 0 Å². The molecule has 3 rings (SSSR count). The van der Waals surface area contributed by atoms with Crippen molar-refractivity contribution in [3.8, 4) is 11.5 Å². The number of nitrogens with zero attached hydrogens (tertiary/aromatic N) is 3. The van der Waals surface area contributed by atoms with Crippen LogP contribution in [-0.4, -0.2) is 41.0 Å². The van der Waals surface area contributed by atoms with Crippen molar-refractivity contribution in [2.24, 2.45) is 0 Å². The number of aromatic nitrogens is 3. The van der Waals surface area contributed by atoms with Crippen LogP contribution >= 0.6 is 0 Å². The Labute approximate surface area is 179 Å². The summed E-state index contributed by atoms with van der Waals surface area (Å²) in [7, 11) is 3.00. The Morgan fingerprint density at radius 2 is 1.81 bits per heavy atom. The summed E-state index contributed by atoms with van der Waals surface area (Å²) in [5.41, 5.74) is 9.14. The number of amides is 2. The zero-order valence-electron chi connectivity index (χ0n) is 17.7. The van der Waals surface area contributed by atoms with E-state index in [4.69, 9.17) is 15.2 Å². The third kappa shape index (κ3) is 4.92. The first-order valence-electron chi connectivity index (χ1n) is 9.41. The van der Waals surface area contributed by atoms with E-state index in [9.17, 15) is 9.59 Å². The monoisotopic (exact) mass is 424 g/mol. The van der Waals surface area contributed by atoms with Gasteiger partial charge in [-0.1, -0.05) is 11.3 Å². The number of aryl methyl sites for hydroxylation is 2. The SMILES string of the molecule is COc1ccc(OC)c(NC(=O)c2nnn(CC(=O)Nc3ccc(C)c(C)c3)c2N)c1. The minimum atomic E-state index is -0.593. The van der Waals surface area contributed by atoms with Gasteiger partial charge < -0.3 is 25.8 Å². The number of ether oxygens (including phenoxy) is 2. The number of nitrogens with one attached hydrogen (secondary N) is 2. The van der Waals surface area contributed by atoms with Gasteiger partial charge in [-0.05, 0) is 49.2 Å². The molecule has 10 heteroatoms. The van der Waals surface area contributed by atoms with E-state index in [1.807, 2.05) is 32.0 Å². The molecule has 0 fully saturated rings. The molecule has 0 unspecified atom stereocenters. The van der Waals surface area contributed by atoms with Gasteiger partial charge in [0.2, 0.25) is 5.91 Å². The highest BCUT2D eigenvalue weighted by Crippen LogP contribution is 2.29. The summed E-state index contributed by atoms with van der Waals surface area (Å²) >= 11 is 0. The first-order valence-corrected chi connectivity index (χ1v) is 9.41. The Kier molecular flexibility index (Phi) is 6.39. The van der Waals surface area contributed by atoms with Crippen LogP contribution in [-0.2, 0) is 11.3 Å². The van der Waals surface area contributed by atoms with Gasteiger partial charge in [0.1, 0.15) is 18.0 Å². The number of methoxy groups -OCH3 is 2. The maximum absolute atomic E-state index is 12.7. The van der Waals surface area contributed by atoms with Crippen molar-refractivity contribution in [2.45, 2.75) is 20.4 Å². The van der Waals surface area contributed by atoms with Crippen molar-refractivity contribution in [3.05, 3.63) is 53.2 Å². The molecule has 1 heterocycles. The van der Waals surface area contributed by atoms with Crippen LogP contribution in [0.1, 0.15) is 21.6 Å². The van der Waals surface area contributed by atoms with E-state index in [-0.39, 0.29) is 24.0 Å². The van der Waals surface area contributed by atoms with Crippen molar-refractivity contribution in [3.63, 3.8) is 0 Å². The van der Waals surface area contributed by atoms with Crippen LogP contribution in [0.15, 0.2) is 36.4 Å². The summed E-state index contributed by atoms with van der Waals surface area (Å²) in [5, 5.41) is 13.1. The summed E-state index contributed by atoms with van der Waals surface area (Å²) in [5.74, 6) is 0.00404. The molecule has 3 aromatic rings. The molecule has 1 aromatic heterocycles. The third-order valence-corrected chi connectivity index (χ3v) is 4.73. The Morgan fingerprint density at radius 3 is 2.48 bits per heavy atom. The number of nitrogens with two attached hydrogens (primary N) is 1. The third-order valence-electron chi connectivity index (χ3n) is 4.73. The number of anilines is 3. The lowest BCUT2D eigenvalue weighted by Gasteiger charge is -2.11. The summed E-state index contributed by atoms with van der Waals surface area (Å²) in [4.78, 5) is 25.0. The van der Waals surface area contributed by atoms with Crippen LogP contribution in [0, 0.1) is 13.8 Å². The normalized spacial score (nSPS) is 10.5. The lowest BCUT2D eigenvalue weighted by molar-refractivity contribution is -0.116. The highest BCUT2D eigenvalue weighted by atomic mass is 16.5. The van der Waals surface area contributed by atoms with Crippen LogP contribution in [0.25, 0.3) is 0 Å². The molecule has 0 radical (unpaired) electrons. The molecule has 162 valence electrons. The molecule has 0 aliphatic carbocycles. The average Bonchev–Trinajstić information content (AvgIpc) is 3.10. The number of hydrogen-bond acceptors (Lipinski definition) is 7. The minimum absolute atomic E-state index is 0.0328. The Balaban J connectivity index is 1.71. The van der Waals surface area contributed by atoms with Crippen molar-refractivity contribution >= 4 is 29.0 Å². The molecule has 31 heavy (non-hydrogen) atoms. The highest BCUT2D eigenvalue weighted by Gasteiger charge is 2.20. The lowest BCUT2D eigenvalue weighted by Crippen LogP contribution is -2.21. The van der Waals surface area contributed by atoms with E-state index >= 15 is 0 Å². The number of hydrogen-bond donors (Lipinski definition) is 3. The Bertz CT molecular complexity index is 1130. The smallest absolute Gasteiger partial charge is 0.280 e. The lowest BCUT2D eigenvalue weighted by atomic mass is 10.1. The Morgan fingerprint density at radius 1 is 1.03 bits per heavy atom.